The van der Waals surface area contributed by atoms with Gasteiger partial charge in [-0.3, -0.25) is 0 Å². The third-order valence-corrected chi connectivity index (χ3v) is 6.80. The molecule has 1 aromatic rings. The van der Waals surface area contributed by atoms with Crippen LogP contribution >= 0.6 is 12.2 Å². The Labute approximate surface area is 143 Å². The van der Waals surface area contributed by atoms with Gasteiger partial charge in [-0.2, -0.15) is 0 Å². The standard InChI is InChI=1S/C19H25FN2S/c1-22(18(23)21-12-13-2-4-17(20)5-3-13)19-9-14-6-15(10-19)8-16(7-14)11-19/h2-5,14-16H,6-12H2,1H3,(H,21,23). The van der Waals surface area contributed by atoms with Crippen LogP contribution in [0.1, 0.15) is 44.1 Å². The van der Waals surface area contributed by atoms with Crippen LogP contribution in [-0.4, -0.2) is 22.6 Å². The van der Waals surface area contributed by atoms with E-state index in [1.807, 2.05) is 12.1 Å². The molecule has 1 N–H and O–H groups in total. The van der Waals surface area contributed by atoms with Gasteiger partial charge in [-0.15, -0.1) is 0 Å². The maximum atomic E-state index is 13.0. The van der Waals surface area contributed by atoms with Crippen LogP contribution in [0.3, 0.4) is 0 Å². The SMILES string of the molecule is CN(C(=S)NCc1ccc(F)cc1)C12CC3CC(CC(C3)C1)C2. The second-order valence-corrected chi connectivity index (χ2v) is 8.37. The monoisotopic (exact) mass is 332 g/mol. The molecule has 0 radical (unpaired) electrons. The minimum atomic E-state index is -0.193. The summed E-state index contributed by atoms with van der Waals surface area (Å²) in [6.07, 6.45) is 8.28. The average molecular weight is 332 g/mol. The number of hydrogen-bond donors (Lipinski definition) is 1. The second-order valence-electron chi connectivity index (χ2n) is 7.99. The molecular formula is C19H25FN2S. The molecule has 4 saturated carbocycles. The summed E-state index contributed by atoms with van der Waals surface area (Å²) in [5.41, 5.74) is 1.36. The summed E-state index contributed by atoms with van der Waals surface area (Å²) >= 11 is 5.68. The molecule has 0 amide bonds. The van der Waals surface area contributed by atoms with E-state index in [2.05, 4.69) is 17.3 Å². The molecule has 0 aliphatic heterocycles. The van der Waals surface area contributed by atoms with Crippen molar-refractivity contribution >= 4 is 17.3 Å². The fourth-order valence-electron chi connectivity index (χ4n) is 5.59. The molecule has 0 unspecified atom stereocenters. The first kappa shape index (κ1) is 15.4. The highest BCUT2D eigenvalue weighted by molar-refractivity contribution is 7.80. The first-order valence-electron chi connectivity index (χ1n) is 8.80. The van der Waals surface area contributed by atoms with Gasteiger partial charge in [0.1, 0.15) is 5.82 Å². The Hall–Kier alpha value is -1.16. The van der Waals surface area contributed by atoms with Crippen LogP contribution in [0.4, 0.5) is 4.39 Å². The van der Waals surface area contributed by atoms with E-state index < -0.39 is 0 Å². The fraction of sp³-hybridized carbons (Fsp3) is 0.632. The molecule has 5 rings (SSSR count). The Kier molecular flexibility index (Phi) is 3.83. The van der Waals surface area contributed by atoms with E-state index in [9.17, 15) is 4.39 Å². The maximum Gasteiger partial charge on any atom is 0.169 e. The van der Waals surface area contributed by atoms with Crippen molar-refractivity contribution in [2.45, 2.75) is 50.6 Å². The molecule has 4 bridgehead atoms. The van der Waals surface area contributed by atoms with Gasteiger partial charge < -0.3 is 10.2 Å². The van der Waals surface area contributed by atoms with Gasteiger partial charge in [0, 0.05) is 19.1 Å². The van der Waals surface area contributed by atoms with Gasteiger partial charge in [-0.1, -0.05) is 12.1 Å². The Balaban J connectivity index is 1.41. The van der Waals surface area contributed by atoms with Gasteiger partial charge in [0.15, 0.2) is 5.11 Å². The zero-order valence-corrected chi connectivity index (χ0v) is 14.5. The third-order valence-electron chi connectivity index (χ3n) is 6.38. The van der Waals surface area contributed by atoms with Gasteiger partial charge in [0.05, 0.1) is 0 Å². The number of nitrogens with one attached hydrogen (secondary N) is 1. The van der Waals surface area contributed by atoms with Crippen molar-refractivity contribution in [2.75, 3.05) is 7.05 Å². The van der Waals surface area contributed by atoms with Crippen molar-refractivity contribution in [3.05, 3.63) is 35.6 Å². The Morgan fingerprint density at radius 1 is 1.13 bits per heavy atom. The molecule has 23 heavy (non-hydrogen) atoms. The lowest BCUT2D eigenvalue weighted by Gasteiger charge is -2.60. The second kappa shape index (κ2) is 5.73. The molecule has 0 aromatic heterocycles. The molecule has 124 valence electrons. The molecule has 4 aliphatic carbocycles. The maximum absolute atomic E-state index is 13.0. The van der Waals surface area contributed by atoms with E-state index in [0.29, 0.717) is 12.1 Å². The zero-order chi connectivity index (χ0) is 16.0. The zero-order valence-electron chi connectivity index (χ0n) is 13.7. The van der Waals surface area contributed by atoms with E-state index in [1.54, 1.807) is 0 Å². The summed E-state index contributed by atoms with van der Waals surface area (Å²) < 4.78 is 13.0. The summed E-state index contributed by atoms with van der Waals surface area (Å²) in [4.78, 5) is 2.36. The lowest BCUT2D eigenvalue weighted by Crippen LogP contribution is -2.61. The number of rotatable bonds is 3. The summed E-state index contributed by atoms with van der Waals surface area (Å²) in [6, 6.07) is 6.64. The van der Waals surface area contributed by atoms with E-state index in [0.717, 1.165) is 28.4 Å². The minimum absolute atomic E-state index is 0.193. The molecule has 0 atom stereocenters. The molecule has 4 fully saturated rings. The van der Waals surface area contributed by atoms with Crippen LogP contribution in [0.5, 0.6) is 0 Å². The van der Waals surface area contributed by atoms with Gasteiger partial charge in [-0.25, -0.2) is 4.39 Å². The van der Waals surface area contributed by atoms with E-state index in [1.165, 1.54) is 50.7 Å². The predicted octanol–water partition coefficient (Wildman–Crippen LogP) is 4.10. The van der Waals surface area contributed by atoms with Crippen molar-refractivity contribution in [1.29, 1.82) is 0 Å². The normalized spacial score (nSPS) is 34.4. The van der Waals surface area contributed by atoms with Crippen LogP contribution in [-0.2, 0) is 6.54 Å². The number of halogens is 1. The Morgan fingerprint density at radius 3 is 2.17 bits per heavy atom. The first-order valence-corrected chi connectivity index (χ1v) is 9.21. The quantitative estimate of drug-likeness (QED) is 0.839. The van der Waals surface area contributed by atoms with Gasteiger partial charge in [0.2, 0.25) is 0 Å². The van der Waals surface area contributed by atoms with Crippen molar-refractivity contribution in [2.24, 2.45) is 17.8 Å². The number of hydrogen-bond acceptors (Lipinski definition) is 1. The lowest BCUT2D eigenvalue weighted by molar-refractivity contribution is -0.0548. The topological polar surface area (TPSA) is 15.3 Å². The summed E-state index contributed by atoms with van der Waals surface area (Å²) in [5, 5.41) is 4.22. The van der Waals surface area contributed by atoms with Crippen molar-refractivity contribution in [3.63, 3.8) is 0 Å². The van der Waals surface area contributed by atoms with E-state index in [-0.39, 0.29) is 5.82 Å². The van der Waals surface area contributed by atoms with Crippen LogP contribution in [0, 0.1) is 23.6 Å². The smallest absolute Gasteiger partial charge is 0.169 e. The lowest BCUT2D eigenvalue weighted by atomic mass is 9.52. The highest BCUT2D eigenvalue weighted by Gasteiger charge is 2.53. The van der Waals surface area contributed by atoms with Gasteiger partial charge in [0.25, 0.3) is 0 Å². The molecular weight excluding hydrogens is 307 g/mol. The van der Waals surface area contributed by atoms with E-state index in [4.69, 9.17) is 12.2 Å². The molecule has 4 aliphatic rings. The van der Waals surface area contributed by atoms with Gasteiger partial charge in [-0.05, 0) is 86.2 Å². The van der Waals surface area contributed by atoms with Crippen LogP contribution in [0.15, 0.2) is 24.3 Å². The van der Waals surface area contributed by atoms with Crippen LogP contribution < -0.4 is 5.32 Å². The number of thiocarbonyl (C=S) groups is 1. The highest BCUT2D eigenvalue weighted by atomic mass is 32.1. The Bertz CT molecular complexity index is 563. The average Bonchev–Trinajstić information content (AvgIpc) is 2.52. The predicted molar refractivity (Wildman–Crippen MR) is 94.5 cm³/mol. The largest absolute Gasteiger partial charge is 0.358 e. The van der Waals surface area contributed by atoms with Crippen molar-refractivity contribution < 1.29 is 4.39 Å². The number of benzene rings is 1. The fourth-order valence-corrected chi connectivity index (χ4v) is 5.86. The molecule has 4 heteroatoms. The van der Waals surface area contributed by atoms with Gasteiger partial charge >= 0.3 is 0 Å². The molecule has 2 nitrogen and oxygen atoms in total. The molecule has 0 heterocycles. The minimum Gasteiger partial charge on any atom is -0.358 e. The van der Waals surface area contributed by atoms with Crippen LogP contribution in [0.2, 0.25) is 0 Å². The molecule has 0 spiro atoms. The van der Waals surface area contributed by atoms with Crippen LogP contribution in [0.25, 0.3) is 0 Å². The van der Waals surface area contributed by atoms with E-state index >= 15 is 0 Å². The molecule has 1 aromatic carbocycles. The summed E-state index contributed by atoms with van der Waals surface area (Å²) in [5.74, 6) is 2.57. The first-order chi connectivity index (χ1) is 11.0. The summed E-state index contributed by atoms with van der Waals surface area (Å²) in [6.45, 7) is 0.663. The highest BCUT2D eigenvalue weighted by Crippen LogP contribution is 2.57. The number of nitrogens with zero attached hydrogens (tertiary/aromatic N) is 1. The third kappa shape index (κ3) is 2.86. The Morgan fingerprint density at radius 2 is 1.65 bits per heavy atom. The summed E-state index contributed by atoms with van der Waals surface area (Å²) in [7, 11) is 2.17. The van der Waals surface area contributed by atoms with Crippen molar-refractivity contribution in [1.82, 2.24) is 10.2 Å². The molecule has 0 saturated heterocycles. The van der Waals surface area contributed by atoms with Crippen molar-refractivity contribution in [3.8, 4) is 0 Å².